The van der Waals surface area contributed by atoms with Crippen molar-refractivity contribution in [1.29, 1.82) is 5.26 Å². The van der Waals surface area contributed by atoms with Gasteiger partial charge in [-0.2, -0.15) is 5.26 Å². The Kier molecular flexibility index (Phi) is 4.94. The number of rotatable bonds is 5. The SMILES string of the molecule is CC/C(=N\O)c1ccc(OCc2cccc(C#N)c2)cc1. The van der Waals surface area contributed by atoms with Crippen LogP contribution in [0.15, 0.2) is 53.7 Å². The van der Waals surface area contributed by atoms with Gasteiger partial charge in [0.1, 0.15) is 12.4 Å². The van der Waals surface area contributed by atoms with Crippen molar-refractivity contribution in [3.05, 3.63) is 65.2 Å². The van der Waals surface area contributed by atoms with Crippen molar-refractivity contribution in [2.75, 3.05) is 0 Å². The molecule has 0 aliphatic carbocycles. The molecular weight excluding hydrogens is 264 g/mol. The molecule has 0 atom stereocenters. The van der Waals surface area contributed by atoms with Crippen molar-refractivity contribution in [2.24, 2.45) is 5.16 Å². The molecule has 0 fully saturated rings. The van der Waals surface area contributed by atoms with Crippen LogP contribution in [0.1, 0.15) is 30.0 Å². The average Bonchev–Trinajstić information content (AvgIpc) is 2.55. The molecule has 0 heterocycles. The fraction of sp³-hybridized carbons (Fsp3) is 0.176. The molecule has 0 saturated carbocycles. The van der Waals surface area contributed by atoms with Crippen molar-refractivity contribution >= 4 is 5.71 Å². The largest absolute Gasteiger partial charge is 0.489 e. The molecule has 2 aromatic rings. The lowest BCUT2D eigenvalue weighted by Gasteiger charge is -2.08. The van der Waals surface area contributed by atoms with Crippen LogP contribution in [-0.4, -0.2) is 10.9 Å². The zero-order valence-corrected chi connectivity index (χ0v) is 11.8. The number of nitrogens with zero attached hydrogens (tertiary/aromatic N) is 2. The first-order chi connectivity index (χ1) is 10.3. The molecule has 4 heteroatoms. The molecule has 2 aromatic carbocycles. The van der Waals surface area contributed by atoms with Crippen molar-refractivity contribution in [1.82, 2.24) is 0 Å². The molecule has 0 aliphatic rings. The number of oxime groups is 1. The molecule has 0 bridgehead atoms. The van der Waals surface area contributed by atoms with Gasteiger partial charge >= 0.3 is 0 Å². The number of hydrogen-bond donors (Lipinski definition) is 1. The van der Waals surface area contributed by atoms with Crippen molar-refractivity contribution in [3.63, 3.8) is 0 Å². The van der Waals surface area contributed by atoms with Crippen LogP contribution in [0.4, 0.5) is 0 Å². The molecular formula is C17H16N2O2. The molecule has 0 aliphatic heterocycles. The highest BCUT2D eigenvalue weighted by Gasteiger charge is 2.03. The molecule has 4 nitrogen and oxygen atoms in total. The third kappa shape index (κ3) is 3.83. The van der Waals surface area contributed by atoms with Gasteiger partial charge in [-0.3, -0.25) is 0 Å². The van der Waals surface area contributed by atoms with E-state index < -0.39 is 0 Å². The van der Waals surface area contributed by atoms with Crippen molar-refractivity contribution in [2.45, 2.75) is 20.0 Å². The lowest BCUT2D eigenvalue weighted by molar-refractivity contribution is 0.306. The van der Waals surface area contributed by atoms with Crippen LogP contribution in [0.5, 0.6) is 5.75 Å². The molecule has 0 aromatic heterocycles. The topological polar surface area (TPSA) is 65.6 Å². The Morgan fingerprint density at radius 2 is 2.00 bits per heavy atom. The van der Waals surface area contributed by atoms with E-state index in [2.05, 4.69) is 11.2 Å². The maximum absolute atomic E-state index is 8.88. The quantitative estimate of drug-likeness (QED) is 0.515. The Morgan fingerprint density at radius 1 is 1.24 bits per heavy atom. The van der Waals surface area contributed by atoms with Crippen LogP contribution in [0.2, 0.25) is 0 Å². The number of benzene rings is 2. The first kappa shape index (κ1) is 14.6. The summed E-state index contributed by atoms with van der Waals surface area (Å²) in [6, 6.07) is 16.8. The van der Waals surface area contributed by atoms with E-state index in [4.69, 9.17) is 15.2 Å². The van der Waals surface area contributed by atoms with Crippen LogP contribution in [0, 0.1) is 11.3 Å². The predicted molar refractivity (Wildman–Crippen MR) is 80.5 cm³/mol. The van der Waals surface area contributed by atoms with E-state index in [1.165, 1.54) is 0 Å². The highest BCUT2D eigenvalue weighted by atomic mass is 16.5. The maximum atomic E-state index is 8.88. The van der Waals surface area contributed by atoms with E-state index in [1.807, 2.05) is 49.4 Å². The summed E-state index contributed by atoms with van der Waals surface area (Å²) in [4.78, 5) is 0. The molecule has 0 saturated heterocycles. The first-order valence-electron chi connectivity index (χ1n) is 6.70. The fourth-order valence-corrected chi connectivity index (χ4v) is 1.97. The van der Waals surface area contributed by atoms with Crippen molar-refractivity contribution < 1.29 is 9.94 Å². The Bertz CT molecular complexity index is 670. The van der Waals surface area contributed by atoms with Gasteiger partial charge in [-0.15, -0.1) is 0 Å². The molecule has 0 spiro atoms. The molecule has 0 amide bonds. The maximum Gasteiger partial charge on any atom is 0.119 e. The van der Waals surface area contributed by atoms with Crippen LogP contribution in [0.25, 0.3) is 0 Å². The molecule has 1 N–H and O–H groups in total. The van der Waals surface area contributed by atoms with E-state index in [-0.39, 0.29) is 0 Å². The Hall–Kier alpha value is -2.80. The van der Waals surface area contributed by atoms with Gasteiger partial charge in [-0.05, 0) is 53.9 Å². The predicted octanol–water partition coefficient (Wildman–Crippen LogP) is 3.73. The summed E-state index contributed by atoms with van der Waals surface area (Å²) in [7, 11) is 0. The van der Waals surface area contributed by atoms with Gasteiger partial charge in [0.15, 0.2) is 0 Å². The Morgan fingerprint density at radius 3 is 2.62 bits per heavy atom. The van der Waals surface area contributed by atoms with Gasteiger partial charge in [0.25, 0.3) is 0 Å². The smallest absolute Gasteiger partial charge is 0.119 e. The summed E-state index contributed by atoms with van der Waals surface area (Å²) < 4.78 is 5.68. The standard InChI is InChI=1S/C17H16N2O2/c1-2-17(19-20)15-6-8-16(9-7-15)21-12-14-5-3-4-13(10-14)11-18/h3-10,20H,2,12H2,1H3/b19-17+. The minimum absolute atomic E-state index is 0.406. The van der Waals surface area contributed by atoms with E-state index in [0.717, 1.165) is 16.9 Å². The van der Waals surface area contributed by atoms with E-state index >= 15 is 0 Å². The monoisotopic (exact) mass is 280 g/mol. The summed E-state index contributed by atoms with van der Waals surface area (Å²) in [5.41, 5.74) is 3.09. The summed E-state index contributed by atoms with van der Waals surface area (Å²) >= 11 is 0. The molecule has 106 valence electrons. The number of nitriles is 1. The minimum Gasteiger partial charge on any atom is -0.489 e. The van der Waals surface area contributed by atoms with Gasteiger partial charge in [-0.25, -0.2) is 0 Å². The zero-order valence-electron chi connectivity index (χ0n) is 11.8. The third-order valence-electron chi connectivity index (χ3n) is 3.10. The Labute approximate surface area is 123 Å². The summed E-state index contributed by atoms with van der Waals surface area (Å²) in [5.74, 6) is 0.731. The lowest BCUT2D eigenvalue weighted by Crippen LogP contribution is -2.00. The average molecular weight is 280 g/mol. The fourth-order valence-electron chi connectivity index (χ4n) is 1.97. The summed E-state index contributed by atoms with van der Waals surface area (Å²) in [6.07, 6.45) is 0.664. The lowest BCUT2D eigenvalue weighted by atomic mass is 10.1. The summed E-state index contributed by atoms with van der Waals surface area (Å²) in [5, 5.41) is 21.0. The second kappa shape index (κ2) is 7.11. The highest BCUT2D eigenvalue weighted by molar-refractivity contribution is 6.00. The molecule has 21 heavy (non-hydrogen) atoms. The highest BCUT2D eigenvalue weighted by Crippen LogP contribution is 2.16. The minimum atomic E-state index is 0.406. The van der Waals surface area contributed by atoms with E-state index in [9.17, 15) is 0 Å². The zero-order chi connectivity index (χ0) is 15.1. The van der Waals surface area contributed by atoms with Gasteiger partial charge in [-0.1, -0.05) is 24.2 Å². The molecule has 0 unspecified atom stereocenters. The second-order valence-corrected chi connectivity index (χ2v) is 4.53. The van der Waals surface area contributed by atoms with Gasteiger partial charge in [0.2, 0.25) is 0 Å². The van der Waals surface area contributed by atoms with Crippen LogP contribution >= 0.6 is 0 Å². The van der Waals surface area contributed by atoms with Crippen LogP contribution in [-0.2, 0) is 6.61 Å². The third-order valence-corrected chi connectivity index (χ3v) is 3.10. The van der Waals surface area contributed by atoms with Crippen molar-refractivity contribution in [3.8, 4) is 11.8 Å². The van der Waals surface area contributed by atoms with E-state index in [0.29, 0.717) is 24.3 Å². The van der Waals surface area contributed by atoms with Gasteiger partial charge in [0, 0.05) is 0 Å². The van der Waals surface area contributed by atoms with Gasteiger partial charge in [0.05, 0.1) is 17.3 Å². The van der Waals surface area contributed by atoms with Crippen LogP contribution in [0.3, 0.4) is 0 Å². The van der Waals surface area contributed by atoms with E-state index in [1.54, 1.807) is 6.07 Å². The number of hydrogen-bond acceptors (Lipinski definition) is 4. The summed E-state index contributed by atoms with van der Waals surface area (Å²) in [6.45, 7) is 2.34. The molecule has 0 radical (unpaired) electrons. The Balaban J connectivity index is 2.02. The number of ether oxygens (including phenoxy) is 1. The second-order valence-electron chi connectivity index (χ2n) is 4.53. The van der Waals surface area contributed by atoms with Gasteiger partial charge < -0.3 is 9.94 Å². The first-order valence-corrected chi connectivity index (χ1v) is 6.70. The molecule has 2 rings (SSSR count). The van der Waals surface area contributed by atoms with Crippen LogP contribution < -0.4 is 4.74 Å². The normalized spacial score (nSPS) is 11.0.